The van der Waals surface area contributed by atoms with E-state index in [1.807, 2.05) is 12.1 Å². The van der Waals surface area contributed by atoms with Gasteiger partial charge in [0.2, 0.25) is 0 Å². The quantitative estimate of drug-likeness (QED) is 0.726. The zero-order valence-electron chi connectivity index (χ0n) is 10.6. The van der Waals surface area contributed by atoms with Gasteiger partial charge in [0.05, 0.1) is 16.3 Å². The number of fused-ring (bicyclic) bond motifs is 1. The molecule has 0 unspecified atom stereocenters. The maximum Gasteiger partial charge on any atom is 0.257 e. The van der Waals surface area contributed by atoms with Gasteiger partial charge in [0.15, 0.2) is 5.82 Å². The Labute approximate surface area is 123 Å². The van der Waals surface area contributed by atoms with E-state index in [-0.39, 0.29) is 10.7 Å². The van der Waals surface area contributed by atoms with Crippen LogP contribution in [0.15, 0.2) is 42.6 Å². The van der Waals surface area contributed by atoms with Crippen molar-refractivity contribution in [1.82, 2.24) is 4.98 Å². The molecule has 0 aliphatic heterocycles. The highest BCUT2D eigenvalue weighted by Crippen LogP contribution is 2.27. The molecule has 0 spiro atoms. The first-order valence-electron chi connectivity index (χ1n) is 6.08. The molecule has 3 rings (SSSR count). The van der Waals surface area contributed by atoms with Crippen LogP contribution in [0.2, 0.25) is 5.02 Å². The van der Waals surface area contributed by atoms with Gasteiger partial charge in [0.1, 0.15) is 5.82 Å². The lowest BCUT2D eigenvalue weighted by Gasteiger charge is -2.08. The fourth-order valence-corrected chi connectivity index (χ4v) is 2.34. The number of carbonyl (C=O) groups excluding carboxylic acids is 1. The number of anilines is 1. The molecule has 0 aliphatic carbocycles. The van der Waals surface area contributed by atoms with Gasteiger partial charge in [-0.1, -0.05) is 29.8 Å². The van der Waals surface area contributed by atoms with E-state index in [1.54, 1.807) is 12.1 Å². The van der Waals surface area contributed by atoms with Crippen LogP contribution < -0.4 is 5.32 Å². The highest BCUT2D eigenvalue weighted by molar-refractivity contribution is 6.34. The second kappa shape index (κ2) is 5.18. The lowest BCUT2D eigenvalue weighted by Crippen LogP contribution is -2.13. The van der Waals surface area contributed by atoms with E-state index in [1.165, 1.54) is 6.20 Å². The minimum absolute atomic E-state index is 0.194. The first-order valence-corrected chi connectivity index (χ1v) is 6.46. The number of hydrogen-bond donors (Lipinski definition) is 2. The van der Waals surface area contributed by atoms with Crippen LogP contribution in [0.1, 0.15) is 10.4 Å². The molecule has 1 aromatic heterocycles. The minimum atomic E-state index is -0.923. The summed E-state index contributed by atoms with van der Waals surface area (Å²) >= 11 is 5.76. The number of aromatic amines is 1. The van der Waals surface area contributed by atoms with Gasteiger partial charge in [0.25, 0.3) is 5.91 Å². The fourth-order valence-electron chi connectivity index (χ4n) is 2.10. The minimum Gasteiger partial charge on any atom is -0.360 e. The number of para-hydroxylation sites is 1. The Balaban J connectivity index is 1.97. The number of carbonyl (C=O) groups is 1. The smallest absolute Gasteiger partial charge is 0.257 e. The van der Waals surface area contributed by atoms with Crippen LogP contribution in [0, 0.1) is 11.6 Å². The molecule has 3 nitrogen and oxygen atoms in total. The third-order valence-electron chi connectivity index (χ3n) is 3.08. The van der Waals surface area contributed by atoms with Crippen molar-refractivity contribution in [3.63, 3.8) is 0 Å². The summed E-state index contributed by atoms with van der Waals surface area (Å²) in [7, 11) is 0. The van der Waals surface area contributed by atoms with Gasteiger partial charge >= 0.3 is 0 Å². The van der Waals surface area contributed by atoms with Crippen LogP contribution in [-0.2, 0) is 0 Å². The van der Waals surface area contributed by atoms with E-state index < -0.39 is 17.5 Å². The standard InChI is InChI=1S/C15H9ClF2N2O/c16-11-5-8(17)6-12(18)14(11)20-15(21)10-7-19-13-4-2-1-3-9(10)13/h1-7,19H,(H,20,21). The third-order valence-corrected chi connectivity index (χ3v) is 3.38. The Morgan fingerprint density at radius 1 is 1.19 bits per heavy atom. The van der Waals surface area contributed by atoms with E-state index in [4.69, 9.17) is 11.6 Å². The largest absolute Gasteiger partial charge is 0.360 e. The molecule has 0 fully saturated rings. The second-order valence-electron chi connectivity index (χ2n) is 4.45. The van der Waals surface area contributed by atoms with Crippen LogP contribution >= 0.6 is 11.6 Å². The van der Waals surface area contributed by atoms with Gasteiger partial charge in [-0.05, 0) is 12.1 Å². The zero-order valence-corrected chi connectivity index (χ0v) is 11.3. The van der Waals surface area contributed by atoms with Crippen molar-refractivity contribution in [1.29, 1.82) is 0 Å². The molecule has 6 heteroatoms. The number of halogens is 3. The van der Waals surface area contributed by atoms with Crippen molar-refractivity contribution in [3.05, 3.63) is 64.8 Å². The summed E-state index contributed by atoms with van der Waals surface area (Å²) in [5, 5.41) is 2.88. The van der Waals surface area contributed by atoms with Crippen molar-refractivity contribution in [2.24, 2.45) is 0 Å². The van der Waals surface area contributed by atoms with Crippen LogP contribution in [0.5, 0.6) is 0 Å². The van der Waals surface area contributed by atoms with Gasteiger partial charge in [-0.25, -0.2) is 8.78 Å². The van der Waals surface area contributed by atoms with Gasteiger partial charge < -0.3 is 10.3 Å². The molecule has 2 N–H and O–H groups in total. The number of aromatic nitrogens is 1. The molecule has 21 heavy (non-hydrogen) atoms. The van der Waals surface area contributed by atoms with Crippen molar-refractivity contribution in [2.75, 3.05) is 5.32 Å². The molecule has 106 valence electrons. The van der Waals surface area contributed by atoms with Crippen LogP contribution in [0.3, 0.4) is 0 Å². The van der Waals surface area contributed by atoms with Crippen molar-refractivity contribution < 1.29 is 13.6 Å². The van der Waals surface area contributed by atoms with Crippen LogP contribution in [0.4, 0.5) is 14.5 Å². The first-order chi connectivity index (χ1) is 10.1. The third kappa shape index (κ3) is 2.48. The van der Waals surface area contributed by atoms with E-state index in [0.717, 1.165) is 11.6 Å². The number of rotatable bonds is 2. The Morgan fingerprint density at radius 3 is 2.71 bits per heavy atom. The van der Waals surface area contributed by atoms with Crippen molar-refractivity contribution >= 4 is 34.1 Å². The highest BCUT2D eigenvalue weighted by atomic mass is 35.5. The SMILES string of the molecule is O=C(Nc1c(F)cc(F)cc1Cl)c1c[nH]c2ccccc12. The van der Waals surface area contributed by atoms with Crippen LogP contribution in [0.25, 0.3) is 10.9 Å². The maximum atomic E-state index is 13.7. The number of hydrogen-bond acceptors (Lipinski definition) is 1. The van der Waals surface area contributed by atoms with E-state index in [2.05, 4.69) is 10.3 Å². The molecule has 1 heterocycles. The van der Waals surface area contributed by atoms with Crippen molar-refractivity contribution in [2.45, 2.75) is 0 Å². The Bertz CT molecular complexity index is 822. The predicted octanol–water partition coefficient (Wildman–Crippen LogP) is 4.35. The Morgan fingerprint density at radius 2 is 1.95 bits per heavy atom. The summed E-state index contributed by atoms with van der Waals surface area (Å²) in [6, 6.07) is 8.81. The van der Waals surface area contributed by atoms with E-state index in [0.29, 0.717) is 17.0 Å². The monoisotopic (exact) mass is 306 g/mol. The Hall–Kier alpha value is -2.40. The summed E-state index contributed by atoms with van der Waals surface area (Å²) in [6.45, 7) is 0. The summed E-state index contributed by atoms with van der Waals surface area (Å²) in [5.74, 6) is -2.25. The normalized spacial score (nSPS) is 10.8. The molecular formula is C15H9ClF2N2O. The molecule has 0 saturated carbocycles. The first kappa shape index (κ1) is 13.6. The summed E-state index contributed by atoms with van der Waals surface area (Å²) in [5.41, 5.74) is 0.895. The number of amides is 1. The van der Waals surface area contributed by atoms with Gasteiger partial charge in [-0.2, -0.15) is 0 Å². The lowest BCUT2D eigenvalue weighted by molar-refractivity contribution is 0.102. The topological polar surface area (TPSA) is 44.9 Å². The van der Waals surface area contributed by atoms with E-state index in [9.17, 15) is 13.6 Å². The number of benzene rings is 2. The maximum absolute atomic E-state index is 13.7. The Kier molecular flexibility index (Phi) is 3.35. The molecule has 0 aliphatic rings. The van der Waals surface area contributed by atoms with Gasteiger partial charge in [-0.15, -0.1) is 0 Å². The highest BCUT2D eigenvalue weighted by Gasteiger charge is 2.16. The summed E-state index contributed by atoms with van der Waals surface area (Å²) in [6.07, 6.45) is 1.52. The van der Waals surface area contributed by atoms with Crippen molar-refractivity contribution in [3.8, 4) is 0 Å². The molecule has 0 saturated heterocycles. The lowest BCUT2D eigenvalue weighted by atomic mass is 10.1. The van der Waals surface area contributed by atoms with E-state index >= 15 is 0 Å². The molecule has 3 aromatic rings. The molecule has 0 bridgehead atoms. The molecule has 0 atom stereocenters. The summed E-state index contributed by atoms with van der Waals surface area (Å²) in [4.78, 5) is 15.2. The fraction of sp³-hybridized carbons (Fsp3) is 0. The molecule has 0 radical (unpaired) electrons. The molecular weight excluding hydrogens is 298 g/mol. The van der Waals surface area contributed by atoms with Crippen LogP contribution in [-0.4, -0.2) is 10.9 Å². The zero-order chi connectivity index (χ0) is 15.0. The average molecular weight is 307 g/mol. The molecule has 1 amide bonds. The van der Waals surface area contributed by atoms with Gasteiger partial charge in [-0.3, -0.25) is 4.79 Å². The van der Waals surface area contributed by atoms with Gasteiger partial charge in [0, 0.05) is 23.2 Å². The predicted molar refractivity (Wildman–Crippen MR) is 77.6 cm³/mol. The average Bonchev–Trinajstić information content (AvgIpc) is 2.86. The number of H-pyrrole nitrogens is 1. The molecule has 2 aromatic carbocycles. The summed E-state index contributed by atoms with van der Waals surface area (Å²) < 4.78 is 26.7. The second-order valence-corrected chi connectivity index (χ2v) is 4.85. The number of nitrogens with one attached hydrogen (secondary N) is 2.